The smallest absolute Gasteiger partial charge is 0.320 e. The number of ether oxygens (including phenoxy) is 1. The van der Waals surface area contributed by atoms with Crippen molar-refractivity contribution in [3.05, 3.63) is 0 Å². The monoisotopic (exact) mass is 296 g/mol. The van der Waals surface area contributed by atoms with E-state index in [1.807, 2.05) is 4.90 Å². The second kappa shape index (κ2) is 5.83. The van der Waals surface area contributed by atoms with Gasteiger partial charge in [-0.05, 0) is 37.5 Å². The predicted octanol–water partition coefficient (Wildman–Crippen LogP) is 1.26. The molecule has 21 heavy (non-hydrogen) atoms. The molecule has 1 heterocycles. The minimum absolute atomic E-state index is 0.0319. The lowest BCUT2D eigenvalue weighted by Crippen LogP contribution is -2.50. The summed E-state index contributed by atoms with van der Waals surface area (Å²) in [6.07, 6.45) is 4.84. The molecule has 2 aliphatic carbocycles. The fraction of sp³-hybridized carbons (Fsp3) is 0.867. The lowest BCUT2D eigenvalue weighted by molar-refractivity contribution is -0.142. The summed E-state index contributed by atoms with van der Waals surface area (Å²) in [5, 5.41) is 9.23. The first-order valence-corrected chi connectivity index (χ1v) is 7.88. The zero-order chi connectivity index (χ0) is 15.0. The van der Waals surface area contributed by atoms with Gasteiger partial charge in [-0.1, -0.05) is 0 Å². The maximum atomic E-state index is 12.7. The van der Waals surface area contributed by atoms with Gasteiger partial charge in [-0.3, -0.25) is 4.79 Å². The van der Waals surface area contributed by atoms with Gasteiger partial charge in [-0.2, -0.15) is 0 Å². The van der Waals surface area contributed by atoms with Crippen LogP contribution in [-0.4, -0.2) is 66.3 Å². The number of carbonyl (C=O) groups is 2. The third kappa shape index (κ3) is 3.48. The van der Waals surface area contributed by atoms with Crippen LogP contribution in [0.5, 0.6) is 0 Å². The van der Waals surface area contributed by atoms with Crippen molar-refractivity contribution in [1.29, 1.82) is 0 Å². The predicted molar refractivity (Wildman–Crippen MR) is 75.9 cm³/mol. The third-order valence-corrected chi connectivity index (χ3v) is 4.79. The van der Waals surface area contributed by atoms with Gasteiger partial charge in [-0.15, -0.1) is 0 Å². The average Bonchev–Trinajstić information content (AvgIpc) is 3.37. The molecule has 0 aromatic rings. The van der Waals surface area contributed by atoms with E-state index in [1.54, 1.807) is 11.9 Å². The molecule has 0 aromatic heterocycles. The number of rotatable bonds is 6. The number of likely N-dealkylation sites (N-methyl/N-ethyl adjacent to an activating group) is 1. The van der Waals surface area contributed by atoms with Crippen LogP contribution >= 0.6 is 0 Å². The van der Waals surface area contributed by atoms with Crippen molar-refractivity contribution in [2.75, 3.05) is 33.4 Å². The van der Waals surface area contributed by atoms with Gasteiger partial charge in [0.2, 0.25) is 0 Å². The summed E-state index contributed by atoms with van der Waals surface area (Å²) in [5.74, 6) is -0.192. The lowest BCUT2D eigenvalue weighted by Gasteiger charge is -2.33. The van der Waals surface area contributed by atoms with E-state index in [1.165, 1.54) is 25.7 Å². The fourth-order valence-corrected chi connectivity index (χ4v) is 2.98. The van der Waals surface area contributed by atoms with Crippen LogP contribution in [0.3, 0.4) is 0 Å². The molecule has 1 saturated heterocycles. The molecule has 118 valence electrons. The molecule has 1 aliphatic heterocycles. The van der Waals surface area contributed by atoms with E-state index in [0.29, 0.717) is 18.4 Å². The Morgan fingerprint density at radius 3 is 2.14 bits per heavy atom. The molecule has 0 bridgehead atoms. The first-order chi connectivity index (χ1) is 10.1. The molecule has 0 spiro atoms. The molecule has 2 unspecified atom stereocenters. The quantitative estimate of drug-likeness (QED) is 0.801. The van der Waals surface area contributed by atoms with Crippen molar-refractivity contribution in [1.82, 2.24) is 9.80 Å². The molecule has 0 aromatic carbocycles. The Morgan fingerprint density at radius 1 is 1.10 bits per heavy atom. The molecule has 1 N–H and O–H groups in total. The largest absolute Gasteiger partial charge is 0.481 e. The summed E-state index contributed by atoms with van der Waals surface area (Å²) in [6.45, 7) is 2.17. The first-order valence-electron chi connectivity index (χ1n) is 7.88. The Kier molecular flexibility index (Phi) is 4.06. The minimum atomic E-state index is -0.881. The number of urea groups is 1. The topological polar surface area (TPSA) is 70.1 Å². The van der Waals surface area contributed by atoms with E-state index < -0.39 is 11.9 Å². The van der Waals surface area contributed by atoms with Crippen LogP contribution in [0, 0.1) is 17.8 Å². The Labute approximate surface area is 125 Å². The van der Waals surface area contributed by atoms with Crippen molar-refractivity contribution >= 4 is 12.0 Å². The van der Waals surface area contributed by atoms with Gasteiger partial charge in [0.05, 0.1) is 19.3 Å². The average molecular weight is 296 g/mol. The van der Waals surface area contributed by atoms with Gasteiger partial charge in [-0.25, -0.2) is 4.79 Å². The van der Waals surface area contributed by atoms with Crippen LogP contribution in [-0.2, 0) is 9.53 Å². The van der Waals surface area contributed by atoms with Crippen molar-refractivity contribution in [3.8, 4) is 0 Å². The molecular weight excluding hydrogens is 272 g/mol. The van der Waals surface area contributed by atoms with E-state index >= 15 is 0 Å². The molecule has 6 heteroatoms. The summed E-state index contributed by atoms with van der Waals surface area (Å²) < 4.78 is 5.28. The Hall–Kier alpha value is -1.30. The fourth-order valence-electron chi connectivity index (χ4n) is 2.98. The van der Waals surface area contributed by atoms with Gasteiger partial charge in [0.15, 0.2) is 0 Å². The van der Waals surface area contributed by atoms with Gasteiger partial charge < -0.3 is 19.6 Å². The molecule has 6 nitrogen and oxygen atoms in total. The molecule has 3 fully saturated rings. The van der Waals surface area contributed by atoms with Crippen LogP contribution in [0.1, 0.15) is 25.7 Å². The first kappa shape index (κ1) is 14.6. The van der Waals surface area contributed by atoms with Crippen LogP contribution < -0.4 is 0 Å². The highest BCUT2D eigenvalue weighted by atomic mass is 16.5. The van der Waals surface area contributed by atoms with Crippen LogP contribution in [0.2, 0.25) is 0 Å². The van der Waals surface area contributed by atoms with Gasteiger partial charge in [0, 0.05) is 20.1 Å². The van der Waals surface area contributed by atoms with Crippen molar-refractivity contribution in [2.24, 2.45) is 17.8 Å². The highest BCUT2D eigenvalue weighted by Gasteiger charge is 2.41. The number of hydrogen-bond acceptors (Lipinski definition) is 3. The minimum Gasteiger partial charge on any atom is -0.481 e. The molecule has 2 atom stereocenters. The van der Waals surface area contributed by atoms with E-state index in [2.05, 4.69) is 0 Å². The van der Waals surface area contributed by atoms with E-state index in [0.717, 1.165) is 13.1 Å². The number of nitrogens with zero attached hydrogens (tertiary/aromatic N) is 2. The van der Waals surface area contributed by atoms with Crippen LogP contribution in [0.25, 0.3) is 0 Å². The third-order valence-electron chi connectivity index (χ3n) is 4.79. The number of aliphatic carboxylic acids is 1. The summed E-state index contributed by atoms with van der Waals surface area (Å²) >= 11 is 0. The Morgan fingerprint density at radius 2 is 1.67 bits per heavy atom. The molecule has 0 radical (unpaired) electrons. The van der Waals surface area contributed by atoms with Crippen LogP contribution in [0.4, 0.5) is 4.79 Å². The molecule has 3 rings (SSSR count). The summed E-state index contributed by atoms with van der Waals surface area (Å²) in [4.78, 5) is 27.5. The van der Waals surface area contributed by atoms with Crippen molar-refractivity contribution in [3.63, 3.8) is 0 Å². The van der Waals surface area contributed by atoms with Gasteiger partial charge >= 0.3 is 12.0 Å². The lowest BCUT2D eigenvalue weighted by atomic mass is 10.0. The highest BCUT2D eigenvalue weighted by Crippen LogP contribution is 2.34. The number of amides is 2. The maximum Gasteiger partial charge on any atom is 0.320 e. The molecule has 3 aliphatic rings. The highest BCUT2D eigenvalue weighted by molar-refractivity contribution is 5.77. The van der Waals surface area contributed by atoms with E-state index in [9.17, 15) is 14.7 Å². The second-order valence-electron chi connectivity index (χ2n) is 6.73. The normalized spacial score (nSPS) is 28.4. The standard InChI is InChI=1S/C15H24N2O4/c1-16(13-9-21-8-12(13)14(18)19)15(20)17(6-10-2-3-10)7-11-4-5-11/h10-13H,2-9H2,1H3,(H,18,19). The van der Waals surface area contributed by atoms with Crippen molar-refractivity contribution in [2.45, 2.75) is 31.7 Å². The zero-order valence-electron chi connectivity index (χ0n) is 12.5. The number of carboxylic acid groups (broad SMARTS) is 1. The van der Waals surface area contributed by atoms with Crippen LogP contribution in [0.15, 0.2) is 0 Å². The zero-order valence-corrected chi connectivity index (χ0v) is 12.5. The molecule has 2 saturated carbocycles. The second-order valence-corrected chi connectivity index (χ2v) is 6.73. The Balaban J connectivity index is 1.63. The molecule has 2 amide bonds. The summed E-state index contributed by atoms with van der Waals surface area (Å²) in [6, 6.07) is -0.383. The Bertz CT molecular complexity index is 406. The molecular formula is C15H24N2O4. The number of carbonyl (C=O) groups excluding carboxylic acids is 1. The SMILES string of the molecule is CN(C(=O)N(CC1CC1)CC1CC1)C1COCC1C(=O)O. The van der Waals surface area contributed by atoms with E-state index in [4.69, 9.17) is 4.74 Å². The summed E-state index contributed by atoms with van der Waals surface area (Å²) in [5.41, 5.74) is 0. The number of carboxylic acids is 1. The number of hydrogen-bond donors (Lipinski definition) is 1. The maximum absolute atomic E-state index is 12.7. The van der Waals surface area contributed by atoms with Gasteiger partial charge in [0.25, 0.3) is 0 Å². The van der Waals surface area contributed by atoms with Crippen molar-refractivity contribution < 1.29 is 19.4 Å². The summed E-state index contributed by atoms with van der Waals surface area (Å²) in [7, 11) is 1.71. The van der Waals surface area contributed by atoms with Gasteiger partial charge in [0.1, 0.15) is 5.92 Å². The van der Waals surface area contributed by atoms with E-state index in [-0.39, 0.29) is 18.7 Å².